The lowest BCUT2D eigenvalue weighted by Crippen LogP contribution is -2.41. The molecule has 122 valence electrons. The lowest BCUT2D eigenvalue weighted by atomic mass is 9.81. The van der Waals surface area contributed by atoms with E-state index >= 15 is 0 Å². The van der Waals surface area contributed by atoms with Gasteiger partial charge in [-0.1, -0.05) is 38.5 Å². The predicted octanol–water partition coefficient (Wildman–Crippen LogP) is 5.03. The molecule has 0 atom stereocenters. The second-order valence-corrected chi connectivity index (χ2v) is 7.00. The fourth-order valence-electron chi connectivity index (χ4n) is 2.93. The van der Waals surface area contributed by atoms with Crippen molar-refractivity contribution in [3.8, 4) is 11.5 Å². The number of rotatable bonds is 3. The van der Waals surface area contributed by atoms with E-state index < -0.39 is 5.79 Å². The summed E-state index contributed by atoms with van der Waals surface area (Å²) in [5.41, 5.74) is 2.09. The Hall–Kier alpha value is -1.84. The number of ether oxygens (including phenoxy) is 3. The van der Waals surface area contributed by atoms with E-state index in [9.17, 15) is 0 Å². The summed E-state index contributed by atoms with van der Waals surface area (Å²) in [6.45, 7) is 9.71. The molecule has 0 aliphatic carbocycles. The molecule has 0 spiro atoms. The van der Waals surface area contributed by atoms with Gasteiger partial charge in [0.2, 0.25) is 0 Å². The van der Waals surface area contributed by atoms with E-state index in [0.29, 0.717) is 13.2 Å². The quantitative estimate of drug-likeness (QED) is 0.795. The van der Waals surface area contributed by atoms with Gasteiger partial charge >= 0.3 is 0 Å². The first kappa shape index (κ1) is 16.0. The summed E-state index contributed by atoms with van der Waals surface area (Å²) in [6.07, 6.45) is 0. The van der Waals surface area contributed by atoms with Gasteiger partial charge in [0.05, 0.1) is 13.2 Å². The van der Waals surface area contributed by atoms with Crippen molar-refractivity contribution >= 4 is 0 Å². The maximum absolute atomic E-state index is 6.00. The maximum atomic E-state index is 6.00. The van der Waals surface area contributed by atoms with E-state index in [1.54, 1.807) is 0 Å². The van der Waals surface area contributed by atoms with Crippen LogP contribution < -0.4 is 4.74 Å². The molecular weight excluding hydrogens is 288 g/mol. The standard InChI is InChI=1S/C20H24O3/c1-15-5-9-17(10-6-15)23-18-11-7-16(8-12-18)20(19(2,3)4)21-13-14-22-20/h5-12H,13-14H2,1-4H3. The molecule has 1 heterocycles. The number of hydrogen-bond acceptors (Lipinski definition) is 3. The van der Waals surface area contributed by atoms with E-state index in [1.165, 1.54) is 5.56 Å². The van der Waals surface area contributed by atoms with Crippen LogP contribution in [0.1, 0.15) is 31.9 Å². The molecule has 3 rings (SSSR count). The van der Waals surface area contributed by atoms with Crippen molar-refractivity contribution in [3.63, 3.8) is 0 Å². The predicted molar refractivity (Wildman–Crippen MR) is 90.7 cm³/mol. The molecule has 0 saturated carbocycles. The fourth-order valence-corrected chi connectivity index (χ4v) is 2.93. The van der Waals surface area contributed by atoms with Gasteiger partial charge in [0.25, 0.3) is 0 Å². The Kier molecular flexibility index (Phi) is 4.17. The molecule has 0 amide bonds. The molecule has 1 saturated heterocycles. The normalized spacial score (nSPS) is 17.2. The highest BCUT2D eigenvalue weighted by molar-refractivity contribution is 5.36. The van der Waals surface area contributed by atoms with Gasteiger partial charge in [-0.3, -0.25) is 0 Å². The zero-order chi connectivity index (χ0) is 16.5. The molecule has 2 aromatic rings. The van der Waals surface area contributed by atoms with Crippen LogP contribution in [-0.2, 0) is 15.3 Å². The fraction of sp³-hybridized carbons (Fsp3) is 0.400. The summed E-state index contributed by atoms with van der Waals surface area (Å²) < 4.78 is 17.9. The Morgan fingerprint density at radius 1 is 0.826 bits per heavy atom. The second kappa shape index (κ2) is 5.99. The summed E-state index contributed by atoms with van der Waals surface area (Å²) in [6, 6.07) is 16.0. The average molecular weight is 312 g/mol. The minimum absolute atomic E-state index is 0.150. The molecule has 1 aliphatic rings. The summed E-state index contributed by atoms with van der Waals surface area (Å²) in [7, 11) is 0. The topological polar surface area (TPSA) is 27.7 Å². The smallest absolute Gasteiger partial charge is 0.199 e. The van der Waals surface area contributed by atoms with Crippen LogP contribution in [0.15, 0.2) is 48.5 Å². The number of benzene rings is 2. The molecule has 0 radical (unpaired) electrons. The van der Waals surface area contributed by atoms with Crippen LogP contribution in [0.4, 0.5) is 0 Å². The molecule has 2 aromatic carbocycles. The van der Waals surface area contributed by atoms with Crippen LogP contribution in [-0.4, -0.2) is 13.2 Å². The largest absolute Gasteiger partial charge is 0.457 e. The first-order valence-corrected chi connectivity index (χ1v) is 8.04. The van der Waals surface area contributed by atoms with E-state index in [-0.39, 0.29) is 5.41 Å². The molecule has 0 unspecified atom stereocenters. The number of aryl methyl sites for hydroxylation is 1. The van der Waals surface area contributed by atoms with Crippen LogP contribution in [0.3, 0.4) is 0 Å². The highest BCUT2D eigenvalue weighted by Gasteiger charge is 2.48. The van der Waals surface area contributed by atoms with Gasteiger partial charge in [-0.25, -0.2) is 0 Å². The molecule has 3 nitrogen and oxygen atoms in total. The summed E-state index contributed by atoms with van der Waals surface area (Å²) in [4.78, 5) is 0. The van der Waals surface area contributed by atoms with Crippen molar-refractivity contribution < 1.29 is 14.2 Å². The molecule has 0 aromatic heterocycles. The SMILES string of the molecule is Cc1ccc(Oc2ccc(C3(C(C)(C)C)OCCO3)cc2)cc1. The highest BCUT2D eigenvalue weighted by atomic mass is 16.7. The van der Waals surface area contributed by atoms with Crippen molar-refractivity contribution in [2.24, 2.45) is 5.41 Å². The van der Waals surface area contributed by atoms with Crippen LogP contribution in [0.5, 0.6) is 11.5 Å². The Labute approximate surface area is 138 Å². The van der Waals surface area contributed by atoms with Crippen molar-refractivity contribution in [1.82, 2.24) is 0 Å². The third-order valence-electron chi connectivity index (χ3n) is 4.17. The molecule has 3 heteroatoms. The second-order valence-electron chi connectivity index (χ2n) is 7.00. The summed E-state index contributed by atoms with van der Waals surface area (Å²) in [5, 5.41) is 0. The first-order valence-electron chi connectivity index (χ1n) is 8.04. The van der Waals surface area contributed by atoms with Crippen LogP contribution in [0.25, 0.3) is 0 Å². The van der Waals surface area contributed by atoms with Gasteiger partial charge < -0.3 is 14.2 Å². The Balaban J connectivity index is 1.82. The monoisotopic (exact) mass is 312 g/mol. The molecule has 1 aliphatic heterocycles. The minimum Gasteiger partial charge on any atom is -0.457 e. The summed E-state index contributed by atoms with van der Waals surface area (Å²) in [5.74, 6) is 0.956. The highest BCUT2D eigenvalue weighted by Crippen LogP contribution is 2.46. The lowest BCUT2D eigenvalue weighted by molar-refractivity contribution is -0.232. The van der Waals surface area contributed by atoms with Gasteiger partial charge in [-0.05, 0) is 43.3 Å². The van der Waals surface area contributed by atoms with Crippen molar-refractivity contribution in [3.05, 3.63) is 59.7 Å². The molecule has 0 N–H and O–H groups in total. The van der Waals surface area contributed by atoms with Crippen molar-refractivity contribution in [2.45, 2.75) is 33.5 Å². The van der Waals surface area contributed by atoms with Gasteiger partial charge in [-0.15, -0.1) is 0 Å². The molecule has 23 heavy (non-hydrogen) atoms. The Morgan fingerprint density at radius 3 is 1.78 bits per heavy atom. The molecule has 0 bridgehead atoms. The first-order chi connectivity index (χ1) is 10.9. The van der Waals surface area contributed by atoms with E-state index in [1.807, 2.05) is 48.5 Å². The van der Waals surface area contributed by atoms with Gasteiger partial charge in [0, 0.05) is 11.0 Å². The Bertz CT molecular complexity index is 645. The van der Waals surface area contributed by atoms with Crippen LogP contribution in [0, 0.1) is 12.3 Å². The van der Waals surface area contributed by atoms with Gasteiger partial charge in [-0.2, -0.15) is 0 Å². The van der Waals surface area contributed by atoms with Crippen LogP contribution >= 0.6 is 0 Å². The van der Waals surface area contributed by atoms with Crippen molar-refractivity contribution in [2.75, 3.05) is 13.2 Å². The van der Waals surface area contributed by atoms with Crippen molar-refractivity contribution in [1.29, 1.82) is 0 Å². The van der Waals surface area contributed by atoms with E-state index in [4.69, 9.17) is 14.2 Å². The number of hydrogen-bond donors (Lipinski definition) is 0. The molecule has 1 fully saturated rings. The van der Waals surface area contributed by atoms with E-state index in [0.717, 1.165) is 17.1 Å². The third kappa shape index (κ3) is 3.12. The Morgan fingerprint density at radius 2 is 1.30 bits per heavy atom. The average Bonchev–Trinajstić information content (AvgIpc) is 3.01. The van der Waals surface area contributed by atoms with Crippen LogP contribution in [0.2, 0.25) is 0 Å². The van der Waals surface area contributed by atoms with Gasteiger partial charge in [0.15, 0.2) is 5.79 Å². The lowest BCUT2D eigenvalue weighted by Gasteiger charge is -2.39. The summed E-state index contributed by atoms with van der Waals surface area (Å²) >= 11 is 0. The molecular formula is C20H24O3. The van der Waals surface area contributed by atoms with E-state index in [2.05, 4.69) is 27.7 Å². The van der Waals surface area contributed by atoms with Gasteiger partial charge in [0.1, 0.15) is 11.5 Å². The zero-order valence-corrected chi connectivity index (χ0v) is 14.3. The third-order valence-corrected chi connectivity index (χ3v) is 4.17. The maximum Gasteiger partial charge on any atom is 0.199 e. The zero-order valence-electron chi connectivity index (χ0n) is 14.3. The minimum atomic E-state index is -0.685.